The van der Waals surface area contributed by atoms with Crippen molar-refractivity contribution >= 4 is 29.5 Å². The maximum atomic E-state index is 13.7. The predicted molar refractivity (Wildman–Crippen MR) is 157 cm³/mol. The number of aryl methyl sites for hydroxylation is 2. The van der Waals surface area contributed by atoms with Crippen LogP contribution in [0, 0.1) is 13.8 Å². The molecule has 218 valence electrons. The van der Waals surface area contributed by atoms with Gasteiger partial charge in [-0.25, -0.2) is 0 Å². The summed E-state index contributed by atoms with van der Waals surface area (Å²) in [5, 5.41) is 17.0. The van der Waals surface area contributed by atoms with Crippen LogP contribution in [0.15, 0.2) is 71.3 Å². The van der Waals surface area contributed by atoms with Gasteiger partial charge in [0.15, 0.2) is 12.7 Å². The van der Waals surface area contributed by atoms with Crippen LogP contribution in [-0.2, 0) is 27.3 Å². The van der Waals surface area contributed by atoms with Crippen LogP contribution in [0.5, 0.6) is 5.75 Å². The number of para-hydroxylation sites is 1. The summed E-state index contributed by atoms with van der Waals surface area (Å²) in [5.74, 6) is 0.000688. The maximum absolute atomic E-state index is 13.7. The monoisotopic (exact) mass is 579 g/mol. The Balaban J connectivity index is 1.49. The highest BCUT2D eigenvalue weighted by molar-refractivity contribution is 8.00. The first kappa shape index (κ1) is 30.2. The Bertz CT molecular complexity index is 1320. The number of furan rings is 1. The molecule has 3 aromatic rings. The second-order valence-corrected chi connectivity index (χ2v) is 12.3. The minimum atomic E-state index is -1.59. The Morgan fingerprint density at radius 3 is 2.44 bits per heavy atom. The number of rotatable bonds is 11. The molecule has 1 fully saturated rings. The van der Waals surface area contributed by atoms with E-state index in [1.54, 1.807) is 12.1 Å². The minimum absolute atomic E-state index is 0.181. The number of amides is 3. The molecule has 0 unspecified atom stereocenters. The van der Waals surface area contributed by atoms with Gasteiger partial charge in [0.05, 0.1) is 24.7 Å². The summed E-state index contributed by atoms with van der Waals surface area (Å²) in [7, 11) is 0. The zero-order valence-electron chi connectivity index (χ0n) is 23.8. The molecular weight excluding hydrogens is 542 g/mol. The van der Waals surface area contributed by atoms with Crippen LogP contribution in [0.25, 0.3) is 0 Å². The number of thioether (sulfide) groups is 1. The molecule has 0 saturated carbocycles. The molecule has 1 aliphatic rings. The molecule has 41 heavy (non-hydrogen) atoms. The summed E-state index contributed by atoms with van der Waals surface area (Å²) in [6.45, 7) is 7.49. The molecule has 0 spiro atoms. The number of nitrogens with one attached hydrogen (secondary N) is 2. The van der Waals surface area contributed by atoms with Gasteiger partial charge >= 0.3 is 0 Å². The third-order valence-corrected chi connectivity index (χ3v) is 8.50. The first-order chi connectivity index (χ1) is 19.6. The second kappa shape index (κ2) is 13.3. The van der Waals surface area contributed by atoms with Crippen LogP contribution in [0.1, 0.15) is 36.3 Å². The van der Waals surface area contributed by atoms with E-state index >= 15 is 0 Å². The molecule has 3 atom stereocenters. The van der Waals surface area contributed by atoms with E-state index in [0.29, 0.717) is 11.5 Å². The number of hydrogen-bond acceptors (Lipinski definition) is 7. The molecule has 4 rings (SSSR count). The van der Waals surface area contributed by atoms with Crippen LogP contribution in [0.3, 0.4) is 0 Å². The zero-order chi connectivity index (χ0) is 29.6. The van der Waals surface area contributed by atoms with Gasteiger partial charge in [-0.05, 0) is 62.9 Å². The van der Waals surface area contributed by atoms with Gasteiger partial charge in [-0.3, -0.25) is 14.4 Å². The summed E-state index contributed by atoms with van der Waals surface area (Å²) in [5.41, 5.74) is 2.64. The van der Waals surface area contributed by atoms with Crippen LogP contribution < -0.4 is 15.4 Å². The highest BCUT2D eigenvalue weighted by atomic mass is 32.2. The maximum Gasteiger partial charge on any atom is 0.258 e. The minimum Gasteiger partial charge on any atom is -0.483 e. The van der Waals surface area contributed by atoms with Crippen molar-refractivity contribution in [3.8, 4) is 5.75 Å². The Morgan fingerprint density at radius 1 is 1.07 bits per heavy atom. The standard InChI is InChI=1S/C31H37N3O6S/c1-20-10-8-11-21(2)27(20)40-18-25(35)33-24(16-22-12-6-5-7-13-22)26(36)30(38)34-19-41-31(3,4)28(34)29(37)32-17-23-14-9-15-39-23/h5-15,24,26,28,36H,16-19H2,1-4H3,(H,32,37)(H,33,35)/t24-,26-,28+/m0/s1. The SMILES string of the molecule is Cc1cccc(C)c1OCC(=O)N[C@@H](Cc1ccccc1)[C@H](O)C(=O)N1CSC(C)(C)[C@H]1C(=O)NCc1ccco1. The van der Waals surface area contributed by atoms with E-state index in [1.165, 1.54) is 22.9 Å². The van der Waals surface area contributed by atoms with Crippen molar-refractivity contribution in [2.24, 2.45) is 0 Å². The molecule has 2 aromatic carbocycles. The van der Waals surface area contributed by atoms with Gasteiger partial charge in [0.25, 0.3) is 11.8 Å². The zero-order valence-corrected chi connectivity index (χ0v) is 24.6. The topological polar surface area (TPSA) is 121 Å². The third kappa shape index (κ3) is 7.51. The average Bonchev–Trinajstić information content (AvgIpc) is 3.58. The largest absolute Gasteiger partial charge is 0.483 e. The van der Waals surface area contributed by atoms with Crippen LogP contribution in [0.4, 0.5) is 0 Å². The first-order valence-electron chi connectivity index (χ1n) is 13.5. The van der Waals surface area contributed by atoms with Crippen LogP contribution >= 0.6 is 11.8 Å². The van der Waals surface area contributed by atoms with Crippen molar-refractivity contribution in [2.75, 3.05) is 12.5 Å². The highest BCUT2D eigenvalue weighted by Crippen LogP contribution is 2.40. The van der Waals surface area contributed by atoms with Crippen LogP contribution in [-0.4, -0.2) is 63.1 Å². The van der Waals surface area contributed by atoms with E-state index in [1.807, 2.05) is 76.2 Å². The molecule has 0 aliphatic carbocycles. The lowest BCUT2D eigenvalue weighted by Gasteiger charge is -2.33. The quantitative estimate of drug-likeness (QED) is 0.319. The van der Waals surface area contributed by atoms with Gasteiger partial charge in [-0.1, -0.05) is 48.5 Å². The van der Waals surface area contributed by atoms with E-state index < -0.39 is 34.7 Å². The van der Waals surface area contributed by atoms with Crippen molar-refractivity contribution in [3.05, 3.63) is 89.4 Å². The third-order valence-electron chi connectivity index (χ3n) is 7.13. The van der Waals surface area contributed by atoms with Gasteiger partial charge in [0.2, 0.25) is 5.91 Å². The molecule has 3 amide bonds. The fourth-order valence-corrected chi connectivity index (χ4v) is 6.10. The lowest BCUT2D eigenvalue weighted by atomic mass is 9.97. The summed E-state index contributed by atoms with van der Waals surface area (Å²) < 4.78 is 10.5. The van der Waals surface area contributed by atoms with E-state index in [-0.39, 0.29) is 31.4 Å². The molecule has 1 saturated heterocycles. The summed E-state index contributed by atoms with van der Waals surface area (Å²) in [6.07, 6.45) is 0.147. The molecule has 10 heteroatoms. The van der Waals surface area contributed by atoms with E-state index in [4.69, 9.17) is 9.15 Å². The van der Waals surface area contributed by atoms with Gasteiger partial charge in [0, 0.05) is 4.75 Å². The lowest BCUT2D eigenvalue weighted by Crippen LogP contribution is -2.59. The number of hydrogen-bond donors (Lipinski definition) is 3. The molecule has 3 N–H and O–H groups in total. The fraction of sp³-hybridized carbons (Fsp3) is 0.387. The first-order valence-corrected chi connectivity index (χ1v) is 14.5. The van der Waals surface area contributed by atoms with E-state index in [0.717, 1.165) is 16.7 Å². The summed E-state index contributed by atoms with van der Waals surface area (Å²) >= 11 is 1.45. The number of ether oxygens (including phenoxy) is 1. The number of aliphatic hydroxyl groups is 1. The Labute approximate surface area is 244 Å². The van der Waals surface area contributed by atoms with Crippen molar-refractivity contribution in [2.45, 2.75) is 63.6 Å². The Hall–Kier alpha value is -3.76. The van der Waals surface area contributed by atoms with Gasteiger partial charge < -0.3 is 29.8 Å². The molecule has 0 radical (unpaired) electrons. The van der Waals surface area contributed by atoms with Crippen molar-refractivity contribution in [1.82, 2.24) is 15.5 Å². The number of carbonyl (C=O) groups excluding carboxylic acids is 3. The molecule has 1 aromatic heterocycles. The van der Waals surface area contributed by atoms with Crippen molar-refractivity contribution in [1.29, 1.82) is 0 Å². The smallest absolute Gasteiger partial charge is 0.258 e. The fourth-order valence-electron chi connectivity index (χ4n) is 4.96. The molecule has 0 bridgehead atoms. The average molecular weight is 580 g/mol. The molecule has 9 nitrogen and oxygen atoms in total. The second-order valence-electron chi connectivity index (χ2n) is 10.7. The Kier molecular flexibility index (Phi) is 9.77. The summed E-state index contributed by atoms with van der Waals surface area (Å²) in [4.78, 5) is 41.4. The summed E-state index contributed by atoms with van der Waals surface area (Å²) in [6, 6.07) is 16.7. The van der Waals surface area contributed by atoms with Gasteiger partial charge in [0.1, 0.15) is 17.6 Å². The number of benzene rings is 2. The number of aliphatic hydroxyl groups excluding tert-OH is 1. The van der Waals surface area contributed by atoms with Crippen molar-refractivity contribution < 1.29 is 28.6 Å². The number of carbonyl (C=O) groups is 3. The number of nitrogens with zero attached hydrogens (tertiary/aromatic N) is 1. The molecule has 1 aliphatic heterocycles. The van der Waals surface area contributed by atoms with Gasteiger partial charge in [-0.2, -0.15) is 0 Å². The van der Waals surface area contributed by atoms with E-state index in [9.17, 15) is 19.5 Å². The highest BCUT2D eigenvalue weighted by Gasteiger charge is 2.49. The molecular formula is C31H37N3O6S. The normalized spacial score (nSPS) is 17.5. The Morgan fingerprint density at radius 2 is 1.78 bits per heavy atom. The van der Waals surface area contributed by atoms with Crippen LogP contribution in [0.2, 0.25) is 0 Å². The van der Waals surface area contributed by atoms with E-state index in [2.05, 4.69) is 10.6 Å². The van der Waals surface area contributed by atoms with Gasteiger partial charge in [-0.15, -0.1) is 11.8 Å². The predicted octanol–water partition coefficient (Wildman–Crippen LogP) is 3.36. The molecule has 2 heterocycles. The lowest BCUT2D eigenvalue weighted by molar-refractivity contribution is -0.148. The van der Waals surface area contributed by atoms with Crippen molar-refractivity contribution in [3.63, 3.8) is 0 Å².